The molecule has 0 bridgehead atoms. The van der Waals surface area contributed by atoms with Crippen molar-refractivity contribution in [3.05, 3.63) is 24.6 Å². The smallest absolute Gasteiger partial charge is 0.212 e. The van der Waals surface area contributed by atoms with Gasteiger partial charge in [0.05, 0.1) is 6.08 Å². The number of hydrogen-bond donors (Lipinski definition) is 0. The third-order valence-corrected chi connectivity index (χ3v) is 8.75. The van der Waals surface area contributed by atoms with Crippen molar-refractivity contribution >= 4 is 0 Å². The van der Waals surface area contributed by atoms with Crippen LogP contribution in [0.25, 0.3) is 0 Å². The largest absolute Gasteiger partial charge is 0.412 e. The normalized spacial score (nSPS) is 35.7. The molecule has 31 heavy (non-hydrogen) atoms. The van der Waals surface area contributed by atoms with E-state index in [4.69, 9.17) is 0 Å². The zero-order valence-electron chi connectivity index (χ0n) is 19.2. The number of hydrogen-bond acceptors (Lipinski definition) is 0. The summed E-state index contributed by atoms with van der Waals surface area (Å²) in [7, 11) is 0. The molecule has 0 unspecified atom stereocenters. The summed E-state index contributed by atoms with van der Waals surface area (Å²) < 4.78 is 50.9. The van der Waals surface area contributed by atoms with Gasteiger partial charge in [-0.05, 0) is 93.8 Å². The first-order valence-electron chi connectivity index (χ1n) is 12.9. The predicted molar refractivity (Wildman–Crippen MR) is 120 cm³/mol. The fourth-order valence-electron chi connectivity index (χ4n) is 6.72. The van der Waals surface area contributed by atoms with Crippen molar-refractivity contribution in [1.82, 2.24) is 0 Å². The molecule has 3 aliphatic rings. The van der Waals surface area contributed by atoms with E-state index in [2.05, 4.69) is 12.7 Å². The lowest BCUT2D eigenvalue weighted by Gasteiger charge is -2.38. The Bertz CT molecular complexity index is 554. The van der Waals surface area contributed by atoms with Gasteiger partial charge in [0.15, 0.2) is 0 Å². The van der Waals surface area contributed by atoms with E-state index in [9.17, 15) is 17.6 Å². The Hall–Kier alpha value is -0.800. The lowest BCUT2D eigenvalue weighted by atomic mass is 9.68. The molecule has 0 amide bonds. The van der Waals surface area contributed by atoms with Gasteiger partial charge in [-0.15, -0.1) is 6.58 Å². The molecular formula is C27H42F4. The molecule has 0 aromatic carbocycles. The van der Waals surface area contributed by atoms with E-state index in [1.807, 2.05) is 0 Å². The van der Waals surface area contributed by atoms with Gasteiger partial charge in [0.1, 0.15) is 5.83 Å². The molecule has 0 aromatic rings. The number of rotatable bonds is 8. The number of alkyl halides is 3. The van der Waals surface area contributed by atoms with Crippen molar-refractivity contribution < 1.29 is 17.6 Å². The van der Waals surface area contributed by atoms with Gasteiger partial charge in [0.2, 0.25) is 0 Å². The van der Waals surface area contributed by atoms with E-state index >= 15 is 0 Å². The monoisotopic (exact) mass is 442 g/mol. The van der Waals surface area contributed by atoms with Crippen molar-refractivity contribution in [2.75, 3.05) is 0 Å². The van der Waals surface area contributed by atoms with E-state index in [-0.39, 0.29) is 6.08 Å². The SMILES string of the molecule is C=CCCC1CCC(C2CCC(CCC3CCC(C(F)=CC(F)(F)F)CC3)CC2)CC1. The Morgan fingerprint density at radius 2 is 1.10 bits per heavy atom. The first-order valence-corrected chi connectivity index (χ1v) is 12.9. The van der Waals surface area contributed by atoms with Crippen molar-refractivity contribution in [1.29, 1.82) is 0 Å². The Morgan fingerprint density at radius 3 is 1.52 bits per heavy atom. The lowest BCUT2D eigenvalue weighted by molar-refractivity contribution is -0.0821. The minimum Gasteiger partial charge on any atom is -0.212 e. The van der Waals surface area contributed by atoms with Gasteiger partial charge >= 0.3 is 6.18 Å². The second-order valence-corrected chi connectivity index (χ2v) is 10.8. The van der Waals surface area contributed by atoms with Crippen LogP contribution in [0.3, 0.4) is 0 Å². The fourth-order valence-corrected chi connectivity index (χ4v) is 6.72. The Labute approximate surface area is 186 Å². The van der Waals surface area contributed by atoms with Crippen LogP contribution >= 0.6 is 0 Å². The fraction of sp³-hybridized carbons (Fsp3) is 0.852. The van der Waals surface area contributed by atoms with Crippen LogP contribution < -0.4 is 0 Å². The minimum atomic E-state index is -4.54. The third kappa shape index (κ3) is 8.24. The molecule has 3 rings (SSSR count). The molecule has 0 saturated heterocycles. The molecule has 0 radical (unpaired) electrons. The minimum absolute atomic E-state index is 0.135. The van der Waals surface area contributed by atoms with Gasteiger partial charge in [-0.25, -0.2) is 4.39 Å². The maximum absolute atomic E-state index is 13.8. The molecule has 0 heterocycles. The van der Waals surface area contributed by atoms with Crippen molar-refractivity contribution in [2.24, 2.45) is 35.5 Å². The maximum Gasteiger partial charge on any atom is 0.412 e. The molecule has 178 valence electrons. The molecule has 0 aliphatic heterocycles. The lowest BCUT2D eigenvalue weighted by Crippen LogP contribution is -2.26. The third-order valence-electron chi connectivity index (χ3n) is 8.75. The average Bonchev–Trinajstić information content (AvgIpc) is 2.76. The van der Waals surface area contributed by atoms with E-state index in [1.165, 1.54) is 77.0 Å². The summed E-state index contributed by atoms with van der Waals surface area (Å²) in [5, 5.41) is 0. The number of allylic oxidation sites excluding steroid dienone is 3. The van der Waals surface area contributed by atoms with Crippen LogP contribution in [0.5, 0.6) is 0 Å². The maximum atomic E-state index is 13.8. The molecule has 0 nitrogen and oxygen atoms in total. The first-order chi connectivity index (χ1) is 14.8. The standard InChI is InChI=1S/C27H42F4/c1-2-3-4-20-7-13-23(14-8-20)24-15-9-21(10-16-24)5-6-22-11-17-25(18-12-22)26(28)19-27(29,30)31/h2,19-25H,1,3-18H2. The molecule has 0 N–H and O–H groups in total. The highest BCUT2D eigenvalue weighted by atomic mass is 19.4. The summed E-state index contributed by atoms with van der Waals surface area (Å²) in [5.74, 6) is 2.77. The molecule has 0 spiro atoms. The average molecular weight is 443 g/mol. The van der Waals surface area contributed by atoms with E-state index in [1.54, 1.807) is 0 Å². The summed E-state index contributed by atoms with van der Waals surface area (Å²) >= 11 is 0. The van der Waals surface area contributed by atoms with Crippen LogP contribution in [0.4, 0.5) is 17.6 Å². The summed E-state index contributed by atoms with van der Waals surface area (Å²) in [4.78, 5) is 0. The zero-order chi connectivity index (χ0) is 22.3. The van der Waals surface area contributed by atoms with Gasteiger partial charge in [-0.1, -0.05) is 44.6 Å². The highest BCUT2D eigenvalue weighted by Crippen LogP contribution is 2.44. The van der Waals surface area contributed by atoms with Crippen LogP contribution in [0.15, 0.2) is 24.6 Å². The van der Waals surface area contributed by atoms with Gasteiger partial charge in [0, 0.05) is 5.92 Å². The summed E-state index contributed by atoms with van der Waals surface area (Å²) in [5.41, 5.74) is 0. The second-order valence-electron chi connectivity index (χ2n) is 10.8. The first kappa shape index (κ1) is 24.8. The van der Waals surface area contributed by atoms with Gasteiger partial charge in [-0.2, -0.15) is 13.2 Å². The van der Waals surface area contributed by atoms with Crippen LogP contribution in [-0.2, 0) is 0 Å². The summed E-state index contributed by atoms with van der Waals surface area (Å²) in [6, 6.07) is 0. The zero-order valence-corrected chi connectivity index (χ0v) is 19.2. The highest BCUT2D eigenvalue weighted by Gasteiger charge is 2.32. The van der Waals surface area contributed by atoms with Gasteiger partial charge < -0.3 is 0 Å². The highest BCUT2D eigenvalue weighted by molar-refractivity contribution is 5.03. The quantitative estimate of drug-likeness (QED) is 0.259. The summed E-state index contributed by atoms with van der Waals surface area (Å²) in [6.07, 6.45) is 16.4. The van der Waals surface area contributed by atoms with Crippen LogP contribution in [0, 0.1) is 35.5 Å². The second kappa shape index (κ2) is 11.9. The van der Waals surface area contributed by atoms with E-state index in [0.717, 1.165) is 36.5 Å². The van der Waals surface area contributed by atoms with Gasteiger partial charge in [-0.3, -0.25) is 0 Å². The Morgan fingerprint density at radius 1 is 0.677 bits per heavy atom. The van der Waals surface area contributed by atoms with E-state index in [0.29, 0.717) is 18.8 Å². The predicted octanol–water partition coefficient (Wildman–Crippen LogP) is 9.57. The van der Waals surface area contributed by atoms with Crippen LogP contribution in [0.1, 0.15) is 103 Å². The molecule has 3 aliphatic carbocycles. The van der Waals surface area contributed by atoms with Crippen molar-refractivity contribution in [3.63, 3.8) is 0 Å². The molecule has 0 atom stereocenters. The molecule has 4 heteroatoms. The molecule has 3 saturated carbocycles. The summed E-state index contributed by atoms with van der Waals surface area (Å²) in [6.45, 7) is 3.85. The Balaban J connectivity index is 1.29. The van der Waals surface area contributed by atoms with E-state index < -0.39 is 17.9 Å². The molecular weight excluding hydrogens is 400 g/mol. The van der Waals surface area contributed by atoms with Crippen LogP contribution in [-0.4, -0.2) is 6.18 Å². The molecule has 3 fully saturated rings. The topological polar surface area (TPSA) is 0 Å². The Kier molecular flexibility index (Phi) is 9.52. The van der Waals surface area contributed by atoms with Crippen molar-refractivity contribution in [3.8, 4) is 0 Å². The molecule has 0 aromatic heterocycles. The van der Waals surface area contributed by atoms with Gasteiger partial charge in [0.25, 0.3) is 0 Å². The van der Waals surface area contributed by atoms with Crippen LogP contribution in [0.2, 0.25) is 0 Å². The van der Waals surface area contributed by atoms with Crippen molar-refractivity contribution in [2.45, 2.75) is 109 Å². The number of halogens is 4.